The molecule has 0 spiro atoms. The quantitative estimate of drug-likeness (QED) is 0.743. The van der Waals surface area contributed by atoms with Crippen LogP contribution < -0.4 is 4.74 Å². The number of likely N-dealkylation sites (tertiary alicyclic amines) is 1. The monoisotopic (exact) mass is 359 g/mol. The second-order valence-electron chi connectivity index (χ2n) is 8.71. The average molecular weight is 360 g/mol. The van der Waals surface area contributed by atoms with Crippen molar-refractivity contribution in [3.63, 3.8) is 0 Å². The third-order valence-electron chi connectivity index (χ3n) is 6.13. The van der Waals surface area contributed by atoms with Crippen LogP contribution >= 0.6 is 0 Å². The number of likely N-dealkylation sites (N-methyl/N-ethyl adjacent to an activating group) is 1. The van der Waals surface area contributed by atoms with Crippen molar-refractivity contribution in [2.75, 3.05) is 59.0 Å². The Balaban J connectivity index is 1.35. The molecule has 0 amide bonds. The van der Waals surface area contributed by atoms with Gasteiger partial charge in [0, 0.05) is 39.3 Å². The van der Waals surface area contributed by atoms with E-state index in [4.69, 9.17) is 4.74 Å². The van der Waals surface area contributed by atoms with Crippen molar-refractivity contribution >= 4 is 0 Å². The lowest BCUT2D eigenvalue weighted by molar-refractivity contribution is 0.120. The smallest absolute Gasteiger partial charge is 0.119 e. The fraction of sp³-hybridized carbons (Fsp3) is 0.727. The fourth-order valence-electron chi connectivity index (χ4n) is 3.89. The number of hydrogen-bond acceptors (Lipinski definition) is 4. The van der Waals surface area contributed by atoms with E-state index in [1.54, 1.807) is 0 Å². The number of piperidine rings is 1. The van der Waals surface area contributed by atoms with Gasteiger partial charge in [0.05, 0.1) is 0 Å². The fourth-order valence-corrected chi connectivity index (χ4v) is 3.89. The van der Waals surface area contributed by atoms with Crippen LogP contribution in [-0.4, -0.2) is 73.7 Å². The van der Waals surface area contributed by atoms with Gasteiger partial charge in [-0.25, -0.2) is 0 Å². The molecule has 2 saturated heterocycles. The molecule has 3 rings (SSSR count). The van der Waals surface area contributed by atoms with E-state index < -0.39 is 0 Å². The summed E-state index contributed by atoms with van der Waals surface area (Å²) in [5, 5.41) is 0. The summed E-state index contributed by atoms with van der Waals surface area (Å²) in [6, 6.07) is 8.74. The third-order valence-corrected chi connectivity index (χ3v) is 6.13. The second kappa shape index (κ2) is 9.20. The summed E-state index contributed by atoms with van der Waals surface area (Å²) >= 11 is 0. The zero-order chi connectivity index (χ0) is 18.4. The van der Waals surface area contributed by atoms with E-state index in [-0.39, 0.29) is 0 Å². The molecule has 4 nitrogen and oxygen atoms in total. The molecule has 26 heavy (non-hydrogen) atoms. The van der Waals surface area contributed by atoms with Gasteiger partial charge < -0.3 is 9.64 Å². The van der Waals surface area contributed by atoms with Crippen LogP contribution in [0.3, 0.4) is 0 Å². The van der Waals surface area contributed by atoms with E-state index in [2.05, 4.69) is 59.7 Å². The summed E-state index contributed by atoms with van der Waals surface area (Å²) in [6.07, 6.45) is 2.61. The summed E-state index contributed by atoms with van der Waals surface area (Å²) in [4.78, 5) is 7.61. The Morgan fingerprint density at radius 2 is 1.46 bits per heavy atom. The lowest BCUT2D eigenvalue weighted by atomic mass is 9.82. The highest BCUT2D eigenvalue weighted by Gasteiger charge is 2.25. The number of piperazine rings is 1. The second-order valence-corrected chi connectivity index (χ2v) is 8.71. The maximum Gasteiger partial charge on any atom is 0.119 e. The Labute approximate surface area is 160 Å². The molecule has 0 N–H and O–H groups in total. The minimum atomic E-state index is 0.525. The van der Waals surface area contributed by atoms with Gasteiger partial charge in [0.1, 0.15) is 12.4 Å². The molecule has 0 atom stereocenters. The number of ether oxygens (including phenoxy) is 1. The molecule has 0 saturated carbocycles. The molecule has 0 unspecified atom stereocenters. The molecule has 2 fully saturated rings. The topological polar surface area (TPSA) is 19.0 Å². The summed E-state index contributed by atoms with van der Waals surface area (Å²) < 4.78 is 5.97. The molecule has 2 aliphatic rings. The molecular formula is C22H37N3O. The van der Waals surface area contributed by atoms with E-state index in [1.165, 1.54) is 64.2 Å². The summed E-state index contributed by atoms with van der Waals surface area (Å²) in [6.45, 7) is 18.2. The minimum Gasteiger partial charge on any atom is -0.492 e. The summed E-state index contributed by atoms with van der Waals surface area (Å²) in [5.41, 5.74) is 1.92. The van der Waals surface area contributed by atoms with Gasteiger partial charge in [-0.1, -0.05) is 32.9 Å². The van der Waals surface area contributed by atoms with Crippen LogP contribution in [0.25, 0.3) is 0 Å². The highest BCUT2D eigenvalue weighted by atomic mass is 16.5. The van der Waals surface area contributed by atoms with Gasteiger partial charge in [-0.05, 0) is 55.6 Å². The van der Waals surface area contributed by atoms with E-state index in [0.717, 1.165) is 25.4 Å². The lowest BCUT2D eigenvalue weighted by Gasteiger charge is -2.36. The normalized spacial score (nSPS) is 22.4. The summed E-state index contributed by atoms with van der Waals surface area (Å²) in [5.74, 6) is 1.00. The molecule has 0 bridgehead atoms. The molecule has 0 aromatic heterocycles. The SMILES string of the molecule is CCN1CCN(CCOc2ccc(CN3CCC(C)(C)CC3)cc2)CC1. The van der Waals surface area contributed by atoms with E-state index >= 15 is 0 Å². The van der Waals surface area contributed by atoms with Crippen LogP contribution in [0.1, 0.15) is 39.2 Å². The van der Waals surface area contributed by atoms with Crippen LogP contribution in [0, 0.1) is 5.41 Å². The number of benzene rings is 1. The van der Waals surface area contributed by atoms with Crippen molar-refractivity contribution in [3.05, 3.63) is 29.8 Å². The molecule has 0 aliphatic carbocycles. The van der Waals surface area contributed by atoms with Gasteiger partial charge >= 0.3 is 0 Å². The molecule has 146 valence electrons. The van der Waals surface area contributed by atoms with Crippen molar-refractivity contribution in [3.8, 4) is 5.75 Å². The van der Waals surface area contributed by atoms with Gasteiger partial charge in [-0.2, -0.15) is 0 Å². The maximum atomic E-state index is 5.97. The van der Waals surface area contributed by atoms with Crippen LogP contribution in [0.2, 0.25) is 0 Å². The molecule has 2 aliphatic heterocycles. The molecule has 1 aromatic rings. The van der Waals surface area contributed by atoms with Crippen LogP contribution in [0.4, 0.5) is 0 Å². The Bertz CT molecular complexity index is 525. The largest absolute Gasteiger partial charge is 0.492 e. The zero-order valence-corrected chi connectivity index (χ0v) is 17.0. The first-order valence-electron chi connectivity index (χ1n) is 10.4. The molecule has 4 heteroatoms. The van der Waals surface area contributed by atoms with Gasteiger partial charge in [0.25, 0.3) is 0 Å². The van der Waals surface area contributed by atoms with Gasteiger partial charge in [0.15, 0.2) is 0 Å². The molecule has 0 radical (unpaired) electrons. The van der Waals surface area contributed by atoms with Crippen LogP contribution in [-0.2, 0) is 6.54 Å². The highest BCUT2D eigenvalue weighted by Crippen LogP contribution is 2.30. The Morgan fingerprint density at radius 3 is 2.08 bits per heavy atom. The van der Waals surface area contributed by atoms with Gasteiger partial charge in [-0.3, -0.25) is 9.80 Å². The van der Waals surface area contributed by atoms with Crippen molar-refractivity contribution in [2.24, 2.45) is 5.41 Å². The number of hydrogen-bond donors (Lipinski definition) is 0. The minimum absolute atomic E-state index is 0.525. The highest BCUT2D eigenvalue weighted by molar-refractivity contribution is 5.27. The van der Waals surface area contributed by atoms with E-state index in [9.17, 15) is 0 Å². The number of rotatable bonds is 7. The first-order chi connectivity index (χ1) is 12.5. The predicted molar refractivity (Wildman–Crippen MR) is 109 cm³/mol. The van der Waals surface area contributed by atoms with E-state index in [1.807, 2.05) is 0 Å². The van der Waals surface area contributed by atoms with Gasteiger partial charge in [-0.15, -0.1) is 0 Å². The average Bonchev–Trinajstić information content (AvgIpc) is 2.65. The first kappa shape index (κ1) is 19.7. The Morgan fingerprint density at radius 1 is 0.846 bits per heavy atom. The molecule has 2 heterocycles. The Hall–Kier alpha value is -1.10. The lowest BCUT2D eigenvalue weighted by Crippen LogP contribution is -2.47. The van der Waals surface area contributed by atoms with Crippen molar-refractivity contribution in [1.29, 1.82) is 0 Å². The van der Waals surface area contributed by atoms with Crippen molar-refractivity contribution < 1.29 is 4.74 Å². The maximum absolute atomic E-state index is 5.97. The standard InChI is InChI=1S/C22H37N3O/c1-4-23-13-15-24(16-14-23)17-18-26-21-7-5-20(6-8-21)19-25-11-9-22(2,3)10-12-25/h5-8H,4,9-19H2,1-3H3. The number of nitrogens with zero attached hydrogens (tertiary/aromatic N) is 3. The zero-order valence-electron chi connectivity index (χ0n) is 17.0. The molecule has 1 aromatic carbocycles. The van der Waals surface area contributed by atoms with Gasteiger partial charge in [0.2, 0.25) is 0 Å². The van der Waals surface area contributed by atoms with E-state index in [0.29, 0.717) is 5.41 Å². The first-order valence-corrected chi connectivity index (χ1v) is 10.4. The Kier molecular flexibility index (Phi) is 6.96. The van der Waals surface area contributed by atoms with Crippen molar-refractivity contribution in [1.82, 2.24) is 14.7 Å². The predicted octanol–water partition coefficient (Wildman–Crippen LogP) is 3.32. The summed E-state index contributed by atoms with van der Waals surface area (Å²) in [7, 11) is 0. The van der Waals surface area contributed by atoms with Crippen LogP contribution in [0.5, 0.6) is 5.75 Å². The molecular weight excluding hydrogens is 322 g/mol. The van der Waals surface area contributed by atoms with Crippen LogP contribution in [0.15, 0.2) is 24.3 Å². The van der Waals surface area contributed by atoms with Crippen molar-refractivity contribution in [2.45, 2.75) is 40.2 Å². The third kappa shape index (κ3) is 5.97.